The van der Waals surface area contributed by atoms with Crippen LogP contribution in [0.15, 0.2) is 18.2 Å². The summed E-state index contributed by atoms with van der Waals surface area (Å²) >= 11 is 0. The number of nitrogens with one attached hydrogen (secondary N) is 2. The zero-order chi connectivity index (χ0) is 19.8. The molecule has 0 saturated carbocycles. The normalized spacial score (nSPS) is 23.8. The predicted octanol–water partition coefficient (Wildman–Crippen LogP) is 1.84. The molecule has 0 bridgehead atoms. The van der Waals surface area contributed by atoms with Crippen molar-refractivity contribution in [2.24, 2.45) is 0 Å². The van der Waals surface area contributed by atoms with Gasteiger partial charge in [0.05, 0.1) is 29.9 Å². The van der Waals surface area contributed by atoms with E-state index in [0.29, 0.717) is 24.9 Å². The van der Waals surface area contributed by atoms with E-state index in [-0.39, 0.29) is 24.3 Å². The second-order valence-electron chi connectivity index (χ2n) is 8.00. The molecule has 1 amide bonds. The van der Waals surface area contributed by atoms with Crippen LogP contribution in [-0.4, -0.2) is 46.6 Å². The molecule has 0 radical (unpaired) electrons. The summed E-state index contributed by atoms with van der Waals surface area (Å²) in [7, 11) is 0. The molecule has 1 aromatic heterocycles. The molecule has 2 heterocycles. The van der Waals surface area contributed by atoms with Gasteiger partial charge in [-0.25, -0.2) is 4.79 Å². The van der Waals surface area contributed by atoms with Crippen LogP contribution in [0.25, 0.3) is 10.9 Å². The summed E-state index contributed by atoms with van der Waals surface area (Å²) in [6.07, 6.45) is 1.26. The van der Waals surface area contributed by atoms with Crippen molar-refractivity contribution in [2.75, 3.05) is 6.54 Å². The summed E-state index contributed by atoms with van der Waals surface area (Å²) in [5.74, 6) is 0. The van der Waals surface area contributed by atoms with Gasteiger partial charge in [0.1, 0.15) is 0 Å². The highest BCUT2D eigenvalue weighted by atomic mass is 16.6. The van der Waals surface area contributed by atoms with Crippen LogP contribution in [0.3, 0.4) is 0 Å². The first-order valence-electron chi connectivity index (χ1n) is 9.89. The number of hydrogen-bond acceptors (Lipinski definition) is 5. The molecule has 28 heavy (non-hydrogen) atoms. The number of aromatic nitrogens is 1. The maximum absolute atomic E-state index is 12.0. The first kappa shape index (κ1) is 18.8. The largest absolute Gasteiger partial charge is 0.447 e. The number of aliphatic hydroxyl groups excluding tert-OH is 1. The van der Waals surface area contributed by atoms with Crippen LogP contribution < -0.4 is 10.6 Å². The fourth-order valence-electron chi connectivity index (χ4n) is 4.42. The number of nitrogens with zero attached hydrogens (tertiary/aromatic N) is 2. The SMILES string of the molecule is CC(C)OC(=O)N[C@H]1Cc2c(n(C[C@H]3NCC[C@@H]3O)c3ccc(C#N)cc23)C1. The third-order valence-corrected chi connectivity index (χ3v) is 5.66. The molecule has 3 N–H and O–H groups in total. The number of rotatable bonds is 4. The van der Waals surface area contributed by atoms with Crippen molar-refractivity contribution < 1.29 is 14.6 Å². The molecule has 0 spiro atoms. The Kier molecular flexibility index (Phi) is 5.00. The number of aliphatic hydroxyl groups is 1. The van der Waals surface area contributed by atoms with E-state index < -0.39 is 6.09 Å². The van der Waals surface area contributed by atoms with Crippen LogP contribution >= 0.6 is 0 Å². The molecule has 1 saturated heterocycles. The van der Waals surface area contributed by atoms with Crippen molar-refractivity contribution in [3.8, 4) is 6.07 Å². The predicted molar refractivity (Wildman–Crippen MR) is 105 cm³/mol. The Bertz CT molecular complexity index is 943. The average molecular weight is 382 g/mol. The highest BCUT2D eigenvalue weighted by Crippen LogP contribution is 2.34. The Morgan fingerprint density at radius 2 is 2.29 bits per heavy atom. The average Bonchev–Trinajstić information content (AvgIpc) is 3.30. The molecule has 2 aromatic rings. The Morgan fingerprint density at radius 3 is 2.96 bits per heavy atom. The van der Waals surface area contributed by atoms with Gasteiger partial charge in [-0.2, -0.15) is 5.26 Å². The van der Waals surface area contributed by atoms with Crippen LogP contribution in [0.5, 0.6) is 0 Å². The number of ether oxygens (including phenoxy) is 1. The van der Waals surface area contributed by atoms with E-state index in [0.717, 1.165) is 23.9 Å². The number of hydrogen-bond donors (Lipinski definition) is 3. The van der Waals surface area contributed by atoms with Crippen LogP contribution in [0, 0.1) is 11.3 Å². The van der Waals surface area contributed by atoms with Crippen molar-refractivity contribution in [3.05, 3.63) is 35.0 Å². The molecule has 1 aliphatic carbocycles. The molecule has 3 atom stereocenters. The summed E-state index contributed by atoms with van der Waals surface area (Å²) in [5, 5.41) is 26.9. The third kappa shape index (κ3) is 3.46. The quantitative estimate of drug-likeness (QED) is 0.749. The van der Waals surface area contributed by atoms with Crippen molar-refractivity contribution in [2.45, 2.75) is 63.9 Å². The molecule has 7 heteroatoms. The van der Waals surface area contributed by atoms with E-state index >= 15 is 0 Å². The summed E-state index contributed by atoms with van der Waals surface area (Å²) in [6.45, 7) is 5.14. The van der Waals surface area contributed by atoms with Crippen molar-refractivity contribution in [3.63, 3.8) is 0 Å². The molecule has 4 rings (SSSR count). The van der Waals surface area contributed by atoms with Crippen LogP contribution in [0.2, 0.25) is 0 Å². The third-order valence-electron chi connectivity index (χ3n) is 5.66. The van der Waals surface area contributed by atoms with Gasteiger partial charge in [0, 0.05) is 35.6 Å². The minimum atomic E-state index is -0.397. The van der Waals surface area contributed by atoms with E-state index in [1.807, 2.05) is 32.0 Å². The van der Waals surface area contributed by atoms with E-state index in [2.05, 4.69) is 21.3 Å². The molecular weight excluding hydrogens is 356 g/mol. The van der Waals surface area contributed by atoms with E-state index in [4.69, 9.17) is 4.74 Å². The second kappa shape index (κ2) is 7.46. The molecule has 1 fully saturated rings. The lowest BCUT2D eigenvalue weighted by atomic mass is 10.1. The number of nitriles is 1. The van der Waals surface area contributed by atoms with Gasteiger partial charge < -0.3 is 25.0 Å². The molecular formula is C21H26N4O3. The maximum Gasteiger partial charge on any atom is 0.407 e. The monoisotopic (exact) mass is 382 g/mol. The summed E-state index contributed by atoms with van der Waals surface area (Å²) < 4.78 is 7.46. The van der Waals surface area contributed by atoms with E-state index in [9.17, 15) is 15.2 Å². The number of fused-ring (bicyclic) bond motifs is 3. The Labute approximate surface area is 164 Å². The van der Waals surface area contributed by atoms with Gasteiger partial charge in [0.2, 0.25) is 0 Å². The van der Waals surface area contributed by atoms with Gasteiger partial charge in [-0.05, 0) is 57.0 Å². The fraction of sp³-hybridized carbons (Fsp3) is 0.524. The fourth-order valence-corrected chi connectivity index (χ4v) is 4.42. The zero-order valence-corrected chi connectivity index (χ0v) is 16.2. The van der Waals surface area contributed by atoms with Gasteiger partial charge in [-0.15, -0.1) is 0 Å². The van der Waals surface area contributed by atoms with Gasteiger partial charge in [-0.3, -0.25) is 0 Å². The molecule has 148 valence electrons. The zero-order valence-electron chi connectivity index (χ0n) is 16.2. The lowest BCUT2D eigenvalue weighted by Gasteiger charge is -2.20. The number of amides is 1. The smallest absolute Gasteiger partial charge is 0.407 e. The van der Waals surface area contributed by atoms with Gasteiger partial charge in [0.15, 0.2) is 0 Å². The molecule has 7 nitrogen and oxygen atoms in total. The van der Waals surface area contributed by atoms with Crippen LogP contribution in [0.1, 0.15) is 37.1 Å². The highest BCUT2D eigenvalue weighted by molar-refractivity contribution is 5.88. The van der Waals surface area contributed by atoms with Crippen molar-refractivity contribution >= 4 is 17.0 Å². The molecule has 0 unspecified atom stereocenters. The summed E-state index contributed by atoms with van der Waals surface area (Å²) in [6, 6.07) is 7.95. The lowest BCUT2D eigenvalue weighted by Crippen LogP contribution is -2.38. The van der Waals surface area contributed by atoms with Crippen molar-refractivity contribution in [1.29, 1.82) is 5.26 Å². The first-order chi connectivity index (χ1) is 13.5. The minimum absolute atomic E-state index is 0.00765. The van der Waals surface area contributed by atoms with Gasteiger partial charge >= 0.3 is 6.09 Å². The van der Waals surface area contributed by atoms with Gasteiger partial charge in [0.25, 0.3) is 0 Å². The van der Waals surface area contributed by atoms with Crippen LogP contribution in [-0.2, 0) is 24.1 Å². The number of carbonyl (C=O) groups excluding carboxylic acids is 1. The topological polar surface area (TPSA) is 99.3 Å². The van der Waals surface area contributed by atoms with E-state index in [1.54, 1.807) is 0 Å². The molecule has 1 aliphatic heterocycles. The standard InChI is InChI=1S/C21H26N4O3/c1-12(2)28-21(27)24-14-8-16-15-7-13(10-22)3-4-18(15)25(19(16)9-14)11-17-20(26)5-6-23-17/h3-4,7,12,14,17,20,23,26H,5-6,8-9,11H2,1-2H3,(H,24,27)/t14-,17+,20-/m0/s1. The summed E-state index contributed by atoms with van der Waals surface area (Å²) in [4.78, 5) is 12.0. The Balaban J connectivity index is 1.65. The Hall–Kier alpha value is -2.56. The lowest BCUT2D eigenvalue weighted by molar-refractivity contribution is 0.112. The Morgan fingerprint density at radius 1 is 1.46 bits per heavy atom. The van der Waals surface area contributed by atoms with Gasteiger partial charge in [-0.1, -0.05) is 0 Å². The number of benzene rings is 1. The van der Waals surface area contributed by atoms with E-state index in [1.165, 1.54) is 11.3 Å². The molecule has 1 aromatic carbocycles. The minimum Gasteiger partial charge on any atom is -0.447 e. The second-order valence-corrected chi connectivity index (χ2v) is 8.00. The van der Waals surface area contributed by atoms with Crippen LogP contribution in [0.4, 0.5) is 4.79 Å². The maximum atomic E-state index is 12.0. The first-order valence-corrected chi connectivity index (χ1v) is 9.89. The van der Waals surface area contributed by atoms with Crippen molar-refractivity contribution in [1.82, 2.24) is 15.2 Å². The number of carbonyl (C=O) groups is 1. The number of alkyl carbamates (subject to hydrolysis) is 1. The molecule has 2 aliphatic rings. The highest BCUT2D eigenvalue weighted by Gasteiger charge is 2.32. The summed E-state index contributed by atoms with van der Waals surface area (Å²) in [5.41, 5.74) is 4.05.